The number of aliphatic hydroxyl groups is 1. The van der Waals surface area contributed by atoms with Crippen molar-refractivity contribution in [2.45, 2.75) is 49.9 Å². The van der Waals surface area contributed by atoms with E-state index in [0.29, 0.717) is 0 Å². The van der Waals surface area contributed by atoms with Gasteiger partial charge in [-0.2, -0.15) is 13.2 Å². The second-order valence-electron chi connectivity index (χ2n) is 4.50. The van der Waals surface area contributed by atoms with Crippen molar-refractivity contribution in [3.8, 4) is 0 Å². The fraction of sp³-hybridized carbons (Fsp3) is 1.00. The van der Waals surface area contributed by atoms with Crippen molar-refractivity contribution in [1.82, 2.24) is 0 Å². The molecule has 1 aliphatic carbocycles. The number of halogens is 3. The Kier molecular flexibility index (Phi) is 4.58. The minimum Gasteiger partial charge on any atom is -0.382 e. The molecule has 1 fully saturated rings. The van der Waals surface area contributed by atoms with Crippen LogP contribution in [0.5, 0.6) is 0 Å². The van der Waals surface area contributed by atoms with Crippen LogP contribution in [0.2, 0.25) is 0 Å². The molecule has 6 heteroatoms. The summed E-state index contributed by atoms with van der Waals surface area (Å²) in [6.45, 7) is -0.650. The highest BCUT2D eigenvalue weighted by Gasteiger charge is 2.38. The molecule has 0 aromatic heterocycles. The number of hydrogen-bond acceptors (Lipinski definition) is 3. The molecule has 3 nitrogen and oxygen atoms in total. The molecule has 0 radical (unpaired) electrons. The lowest BCUT2D eigenvalue weighted by Crippen LogP contribution is -2.47. The van der Waals surface area contributed by atoms with Gasteiger partial charge in [0.05, 0.1) is 13.2 Å². The van der Waals surface area contributed by atoms with Gasteiger partial charge >= 0.3 is 6.18 Å². The zero-order valence-electron chi connectivity index (χ0n) is 9.09. The fourth-order valence-electron chi connectivity index (χ4n) is 1.87. The molecule has 0 spiro atoms. The number of ether oxygens (including phenoxy) is 1. The predicted octanol–water partition coefficient (Wildman–Crippen LogP) is 1.59. The quantitative estimate of drug-likeness (QED) is 0.785. The number of hydrogen-bond donors (Lipinski definition) is 2. The van der Waals surface area contributed by atoms with E-state index in [9.17, 15) is 13.2 Å². The first-order valence-corrected chi connectivity index (χ1v) is 5.45. The summed E-state index contributed by atoms with van der Waals surface area (Å²) in [6.07, 6.45) is -2.40. The molecule has 0 aromatic carbocycles. The van der Waals surface area contributed by atoms with Gasteiger partial charge in [0.2, 0.25) is 0 Å². The lowest BCUT2D eigenvalue weighted by atomic mass is 9.83. The third-order valence-corrected chi connectivity index (χ3v) is 2.89. The topological polar surface area (TPSA) is 55.5 Å². The second kappa shape index (κ2) is 5.33. The summed E-state index contributed by atoms with van der Waals surface area (Å²) < 4.78 is 40.7. The van der Waals surface area contributed by atoms with Gasteiger partial charge in [0, 0.05) is 5.54 Å². The monoisotopic (exact) mass is 241 g/mol. The summed E-state index contributed by atoms with van der Waals surface area (Å²) >= 11 is 0. The van der Waals surface area contributed by atoms with Gasteiger partial charge in [-0.1, -0.05) is 19.3 Å². The van der Waals surface area contributed by atoms with Crippen LogP contribution in [0, 0.1) is 0 Å². The van der Waals surface area contributed by atoms with Crippen LogP contribution in [-0.4, -0.2) is 36.1 Å². The van der Waals surface area contributed by atoms with Crippen molar-refractivity contribution < 1.29 is 23.0 Å². The largest absolute Gasteiger partial charge is 0.416 e. The van der Waals surface area contributed by atoms with Crippen molar-refractivity contribution in [1.29, 1.82) is 0 Å². The summed E-state index contributed by atoms with van der Waals surface area (Å²) in [7, 11) is 0. The van der Waals surface area contributed by atoms with Crippen LogP contribution in [0.15, 0.2) is 0 Å². The highest BCUT2D eigenvalue weighted by Crippen LogP contribution is 2.26. The van der Waals surface area contributed by atoms with Crippen LogP contribution in [0.1, 0.15) is 32.1 Å². The third-order valence-electron chi connectivity index (χ3n) is 2.89. The van der Waals surface area contributed by atoms with E-state index in [1.54, 1.807) is 0 Å². The Bertz CT molecular complexity index is 215. The molecule has 96 valence electrons. The van der Waals surface area contributed by atoms with Crippen LogP contribution >= 0.6 is 0 Å². The molecule has 0 heterocycles. The van der Waals surface area contributed by atoms with Gasteiger partial charge in [-0.15, -0.1) is 0 Å². The number of nitrogens with two attached hydrogens (primary N) is 1. The first kappa shape index (κ1) is 13.7. The Labute approximate surface area is 92.8 Å². The number of rotatable bonds is 4. The Balaban J connectivity index is 2.24. The fourth-order valence-corrected chi connectivity index (χ4v) is 1.87. The number of aliphatic hydroxyl groups excluding tert-OH is 1. The van der Waals surface area contributed by atoms with E-state index >= 15 is 0 Å². The molecular weight excluding hydrogens is 223 g/mol. The molecule has 1 unspecified atom stereocenters. The van der Waals surface area contributed by atoms with Crippen molar-refractivity contribution >= 4 is 0 Å². The van der Waals surface area contributed by atoms with Crippen molar-refractivity contribution in [3.63, 3.8) is 0 Å². The summed E-state index contributed by atoms with van der Waals surface area (Å²) in [6, 6.07) is 0. The summed E-state index contributed by atoms with van der Waals surface area (Å²) in [5.41, 5.74) is 5.46. The van der Waals surface area contributed by atoms with Crippen molar-refractivity contribution in [2.24, 2.45) is 5.73 Å². The van der Waals surface area contributed by atoms with Gasteiger partial charge < -0.3 is 15.6 Å². The van der Waals surface area contributed by atoms with Crippen LogP contribution < -0.4 is 5.73 Å². The zero-order chi connectivity index (χ0) is 12.2. The Morgan fingerprint density at radius 1 is 1.25 bits per heavy atom. The number of alkyl halides is 3. The average molecular weight is 241 g/mol. The lowest BCUT2D eigenvalue weighted by molar-refractivity contribution is -0.218. The van der Waals surface area contributed by atoms with Crippen molar-refractivity contribution in [3.05, 3.63) is 0 Å². The lowest BCUT2D eigenvalue weighted by Gasteiger charge is -2.33. The van der Waals surface area contributed by atoms with Crippen molar-refractivity contribution in [2.75, 3.05) is 13.2 Å². The van der Waals surface area contributed by atoms with Crippen LogP contribution in [0.4, 0.5) is 13.2 Å². The summed E-state index contributed by atoms with van der Waals surface area (Å²) in [5, 5.41) is 8.71. The average Bonchev–Trinajstić information content (AvgIpc) is 2.17. The Morgan fingerprint density at radius 3 is 2.31 bits per heavy atom. The molecule has 0 bridgehead atoms. The maximum atomic E-state index is 11.9. The first-order valence-electron chi connectivity index (χ1n) is 5.45. The van der Waals surface area contributed by atoms with Gasteiger partial charge in [-0.05, 0) is 12.8 Å². The van der Waals surface area contributed by atoms with Crippen LogP contribution in [0.3, 0.4) is 0 Å². The molecule has 1 atom stereocenters. The van der Waals surface area contributed by atoms with E-state index in [2.05, 4.69) is 0 Å². The molecule has 1 saturated carbocycles. The van der Waals surface area contributed by atoms with E-state index in [1.807, 2.05) is 0 Å². The van der Waals surface area contributed by atoms with Crippen LogP contribution in [0.25, 0.3) is 0 Å². The molecule has 3 N–H and O–H groups in total. The van der Waals surface area contributed by atoms with E-state index in [-0.39, 0.29) is 6.61 Å². The molecule has 0 aromatic rings. The Hall–Kier alpha value is -0.330. The molecular formula is C10H18F3NO2. The third kappa shape index (κ3) is 4.27. The van der Waals surface area contributed by atoms with E-state index < -0.39 is 24.4 Å². The molecule has 16 heavy (non-hydrogen) atoms. The Morgan fingerprint density at radius 2 is 1.81 bits per heavy atom. The van der Waals surface area contributed by atoms with E-state index in [4.69, 9.17) is 15.6 Å². The first-order chi connectivity index (χ1) is 7.33. The predicted molar refractivity (Wildman–Crippen MR) is 52.9 cm³/mol. The van der Waals surface area contributed by atoms with Crippen LogP contribution in [-0.2, 0) is 4.74 Å². The molecule has 0 amide bonds. The van der Waals surface area contributed by atoms with Gasteiger partial charge in [-0.25, -0.2) is 0 Å². The molecule has 0 saturated heterocycles. The maximum absolute atomic E-state index is 11.9. The SMILES string of the molecule is NC1(COCC(O)C(F)(F)F)CCCCC1. The van der Waals surface area contributed by atoms with Gasteiger partial charge in [0.25, 0.3) is 0 Å². The highest BCUT2D eigenvalue weighted by atomic mass is 19.4. The minimum absolute atomic E-state index is 0.0835. The normalized spacial score (nSPS) is 23.1. The van der Waals surface area contributed by atoms with E-state index in [1.165, 1.54) is 0 Å². The molecule has 0 aliphatic heterocycles. The second-order valence-corrected chi connectivity index (χ2v) is 4.50. The van der Waals surface area contributed by atoms with Gasteiger partial charge in [-0.3, -0.25) is 0 Å². The summed E-state index contributed by atoms with van der Waals surface area (Å²) in [4.78, 5) is 0. The van der Waals surface area contributed by atoms with E-state index in [0.717, 1.165) is 32.1 Å². The standard InChI is InChI=1S/C10H18F3NO2/c11-10(12,13)8(15)6-16-7-9(14)4-2-1-3-5-9/h8,15H,1-7,14H2. The zero-order valence-corrected chi connectivity index (χ0v) is 9.09. The molecule has 1 aliphatic rings. The smallest absolute Gasteiger partial charge is 0.382 e. The van der Waals surface area contributed by atoms with Gasteiger partial charge in [0.15, 0.2) is 6.10 Å². The van der Waals surface area contributed by atoms with Gasteiger partial charge in [0.1, 0.15) is 0 Å². The maximum Gasteiger partial charge on any atom is 0.416 e. The molecule has 1 rings (SSSR count). The summed E-state index contributed by atoms with van der Waals surface area (Å²) in [5.74, 6) is 0. The minimum atomic E-state index is -4.62. The highest BCUT2D eigenvalue weighted by molar-refractivity contribution is 4.87.